The van der Waals surface area contributed by atoms with Gasteiger partial charge in [0.1, 0.15) is 0 Å². The molecule has 1 aliphatic heterocycles. The van der Waals surface area contributed by atoms with E-state index in [4.69, 9.17) is 0 Å². The first kappa shape index (κ1) is 31.8. The molecule has 0 radical (unpaired) electrons. The second-order valence-corrected chi connectivity index (χ2v) is 36.1. The maximum atomic E-state index is 2.79. The summed E-state index contributed by atoms with van der Waals surface area (Å²) < 4.78 is 6.61. The Morgan fingerprint density at radius 3 is 1.24 bits per heavy atom. The number of fused-ring (bicyclic) bond motifs is 6. The third-order valence-electron chi connectivity index (χ3n) is 12.3. The van der Waals surface area contributed by atoms with Crippen LogP contribution in [0, 0.1) is 0 Å². The summed E-state index contributed by atoms with van der Waals surface area (Å²) in [5, 5.41) is 6.52. The van der Waals surface area contributed by atoms with E-state index in [1.807, 2.05) is 0 Å². The molecule has 6 aromatic carbocycles. The molecule has 2 atom stereocenters. The van der Waals surface area contributed by atoms with E-state index in [0.29, 0.717) is 7.35 Å². The number of hydrogen-bond donors (Lipinski definition) is 0. The summed E-state index contributed by atoms with van der Waals surface area (Å²) in [6.07, 6.45) is 7.55. The monoisotopic (exact) mass is 828 g/mol. The van der Waals surface area contributed by atoms with Crippen LogP contribution >= 0.6 is 0 Å². The molecule has 0 N–H and O–H groups in total. The zero-order valence-electron chi connectivity index (χ0n) is 29.6. The van der Waals surface area contributed by atoms with Crippen LogP contribution in [0.5, 0.6) is 0 Å². The molecule has 3 aliphatic rings. The maximum absolute atomic E-state index is 3.33. The fourth-order valence-corrected chi connectivity index (χ4v) is 41.4. The Hall–Kier alpha value is -4.11. The van der Waals surface area contributed by atoms with Crippen molar-refractivity contribution in [2.75, 3.05) is 0 Å². The van der Waals surface area contributed by atoms with E-state index in [1.54, 1.807) is 21.5 Å². The summed E-state index contributed by atoms with van der Waals surface area (Å²) in [6, 6.07) is 56.2. The Morgan fingerprint density at radius 2 is 0.820 bits per heavy atom. The fraction of sp³-hybridized carbons (Fsp3) is 0.167. The average Bonchev–Trinajstić information content (AvgIpc) is 3.77. The summed E-state index contributed by atoms with van der Waals surface area (Å²) in [5.41, 5.74) is 14.6. The number of aryl methyl sites for hydroxylation is 2. The first-order chi connectivity index (χ1) is 24.5. The van der Waals surface area contributed by atoms with Crippen molar-refractivity contribution in [2.45, 2.75) is 43.4 Å². The number of rotatable bonds is 6. The zero-order chi connectivity index (χ0) is 34.0. The Bertz CT molecular complexity index is 2160. The predicted octanol–water partition coefficient (Wildman–Crippen LogP) is 11.3. The van der Waals surface area contributed by atoms with Crippen LogP contribution in [-0.2, 0) is 32.8 Å². The molecule has 0 nitrogen and oxygen atoms in total. The third kappa shape index (κ3) is 4.50. The van der Waals surface area contributed by atoms with E-state index in [0.717, 1.165) is 12.8 Å². The van der Waals surface area contributed by atoms with Gasteiger partial charge in [-0.1, -0.05) is 0 Å². The van der Waals surface area contributed by atoms with E-state index in [9.17, 15) is 0 Å². The van der Waals surface area contributed by atoms with Crippen molar-refractivity contribution in [3.8, 4) is 22.3 Å². The van der Waals surface area contributed by atoms with E-state index in [2.05, 4.69) is 181 Å². The van der Waals surface area contributed by atoms with E-state index in [1.165, 1.54) is 54.9 Å². The summed E-state index contributed by atoms with van der Waals surface area (Å²) in [6.45, 7) is 4.59. The molecular weight excluding hydrogens is 783 g/mol. The SMILES string of the molecule is CCc1ccccc1-c1cccc2c1C=C1[CH]2[Hf]([CH3])([CH3])[CH]2C(=Cc3c(-c4ccccc4CC)cccc32)[Si]1(c1ccccc1)c1ccccc1. The first-order valence-corrected chi connectivity index (χ1v) is 31.8. The molecule has 0 bridgehead atoms. The molecule has 244 valence electrons. The van der Waals surface area contributed by atoms with Gasteiger partial charge in [-0.3, -0.25) is 0 Å². The molecule has 1 saturated heterocycles. The number of benzene rings is 6. The third-order valence-corrected chi connectivity index (χ3v) is 34.5. The summed E-state index contributed by atoms with van der Waals surface area (Å²) in [5.74, 6) is 0. The minimum atomic E-state index is -3.33. The van der Waals surface area contributed by atoms with Gasteiger partial charge < -0.3 is 0 Å². The Balaban J connectivity index is 1.40. The van der Waals surface area contributed by atoms with Crippen molar-refractivity contribution in [2.24, 2.45) is 0 Å². The van der Waals surface area contributed by atoms with Crippen LogP contribution in [0.1, 0.15) is 54.6 Å². The molecular formula is C48H44HfSi. The molecule has 50 heavy (non-hydrogen) atoms. The van der Waals surface area contributed by atoms with Crippen molar-refractivity contribution in [3.05, 3.63) is 189 Å². The van der Waals surface area contributed by atoms with Crippen molar-refractivity contribution < 1.29 is 20.0 Å². The van der Waals surface area contributed by atoms with Crippen molar-refractivity contribution in [3.63, 3.8) is 0 Å². The first-order valence-electron chi connectivity index (χ1n) is 18.5. The van der Waals surface area contributed by atoms with Gasteiger partial charge in [0, 0.05) is 0 Å². The molecule has 0 amide bonds. The molecule has 0 saturated carbocycles. The van der Waals surface area contributed by atoms with Gasteiger partial charge in [-0.05, 0) is 0 Å². The van der Waals surface area contributed by atoms with Crippen LogP contribution in [-0.4, -0.2) is 8.07 Å². The summed E-state index contributed by atoms with van der Waals surface area (Å²) in [4.78, 5) is 0. The summed E-state index contributed by atoms with van der Waals surface area (Å²) >= 11 is -3.33. The van der Waals surface area contributed by atoms with E-state index < -0.39 is 28.0 Å². The Labute approximate surface area is 303 Å². The second kappa shape index (κ2) is 12.3. The van der Waals surface area contributed by atoms with Gasteiger partial charge in [-0.25, -0.2) is 0 Å². The molecule has 0 aromatic heterocycles. The molecule has 1 fully saturated rings. The fourth-order valence-electron chi connectivity index (χ4n) is 10.3. The molecule has 6 aromatic rings. The summed E-state index contributed by atoms with van der Waals surface area (Å²) in [7, 11) is -2.69. The van der Waals surface area contributed by atoms with E-state index in [-0.39, 0.29) is 0 Å². The normalized spacial score (nSPS) is 19.1. The Morgan fingerprint density at radius 1 is 0.440 bits per heavy atom. The van der Waals surface area contributed by atoms with Crippen LogP contribution in [0.3, 0.4) is 0 Å². The van der Waals surface area contributed by atoms with Gasteiger partial charge in [0.25, 0.3) is 0 Å². The van der Waals surface area contributed by atoms with Crippen LogP contribution < -0.4 is 10.4 Å². The standard InChI is InChI=1S/C46H38Si.2CH3.Hf/c1-3-33-17-11-13-25-41(33)43-27-15-19-35-29-39(31-45(35)43)47(37-21-7-5-8-22-37,38-23-9-6-10-24-38)40-30-36-20-16-28-44(46(36)32-40)42-26-14-12-18-34(42)4-2;;;/h5-32H,3-4H2,1-2H3;2*1H3;. The van der Waals surface area contributed by atoms with Gasteiger partial charge >= 0.3 is 306 Å². The molecule has 2 unspecified atom stereocenters. The van der Waals surface area contributed by atoms with Crippen molar-refractivity contribution in [1.82, 2.24) is 0 Å². The molecule has 2 aliphatic carbocycles. The van der Waals surface area contributed by atoms with Crippen LogP contribution in [0.15, 0.2) is 156 Å². The molecule has 9 rings (SSSR count). The van der Waals surface area contributed by atoms with Crippen LogP contribution in [0.4, 0.5) is 0 Å². The van der Waals surface area contributed by atoms with Crippen molar-refractivity contribution >= 4 is 30.6 Å². The predicted molar refractivity (Wildman–Crippen MR) is 214 cm³/mol. The topological polar surface area (TPSA) is 0 Å². The van der Waals surface area contributed by atoms with Gasteiger partial charge in [0.2, 0.25) is 0 Å². The molecule has 0 spiro atoms. The van der Waals surface area contributed by atoms with Gasteiger partial charge in [0.15, 0.2) is 0 Å². The van der Waals surface area contributed by atoms with Gasteiger partial charge in [0.05, 0.1) is 0 Å². The molecule has 1 heterocycles. The van der Waals surface area contributed by atoms with Gasteiger partial charge in [-0.2, -0.15) is 0 Å². The number of allylic oxidation sites excluding steroid dienone is 2. The average molecular weight is 827 g/mol. The van der Waals surface area contributed by atoms with Crippen molar-refractivity contribution in [1.29, 1.82) is 0 Å². The Kier molecular flexibility index (Phi) is 7.82. The molecule has 2 heteroatoms. The quantitative estimate of drug-likeness (QED) is 0.147. The van der Waals surface area contributed by atoms with Gasteiger partial charge in [-0.15, -0.1) is 0 Å². The number of hydrogen-bond acceptors (Lipinski definition) is 0. The zero-order valence-corrected chi connectivity index (χ0v) is 34.2. The second-order valence-electron chi connectivity index (χ2n) is 15.0. The van der Waals surface area contributed by atoms with Crippen LogP contribution in [0.2, 0.25) is 9.36 Å². The minimum absolute atomic E-state index is 0.512. The van der Waals surface area contributed by atoms with Crippen LogP contribution in [0.25, 0.3) is 34.4 Å². The van der Waals surface area contributed by atoms with E-state index >= 15 is 0 Å².